The highest BCUT2D eigenvalue weighted by Gasteiger charge is 2.29. The van der Waals surface area contributed by atoms with Gasteiger partial charge in [0.05, 0.1) is 13.0 Å². The molecule has 0 amide bonds. The van der Waals surface area contributed by atoms with Crippen LogP contribution in [0.5, 0.6) is 5.75 Å². The highest BCUT2D eigenvalue weighted by atomic mass is 19.4. The summed E-state index contributed by atoms with van der Waals surface area (Å²) in [6.45, 7) is 1.82. The van der Waals surface area contributed by atoms with Crippen molar-refractivity contribution in [3.05, 3.63) is 29.8 Å². The van der Waals surface area contributed by atoms with Gasteiger partial charge in [-0.3, -0.25) is 4.79 Å². The van der Waals surface area contributed by atoms with Gasteiger partial charge >= 0.3 is 12.1 Å². The van der Waals surface area contributed by atoms with E-state index in [0.29, 0.717) is 5.56 Å². The molecule has 6 heteroatoms. The van der Waals surface area contributed by atoms with E-state index in [1.54, 1.807) is 13.0 Å². The van der Waals surface area contributed by atoms with Crippen LogP contribution in [0.3, 0.4) is 0 Å². The molecule has 0 saturated heterocycles. The Labute approximate surface area is 115 Å². The van der Waals surface area contributed by atoms with Gasteiger partial charge in [-0.15, -0.1) is 0 Å². The molecule has 0 bridgehead atoms. The number of halogens is 3. The van der Waals surface area contributed by atoms with Crippen LogP contribution in [-0.4, -0.2) is 23.9 Å². The van der Waals surface area contributed by atoms with Crippen molar-refractivity contribution >= 4 is 5.97 Å². The number of esters is 1. The Kier molecular flexibility index (Phi) is 5.85. The third-order valence-corrected chi connectivity index (χ3v) is 2.84. The Morgan fingerprint density at radius 2 is 2.10 bits per heavy atom. The zero-order valence-corrected chi connectivity index (χ0v) is 11.1. The van der Waals surface area contributed by atoms with Crippen LogP contribution in [0.2, 0.25) is 0 Å². The average Bonchev–Trinajstić information content (AvgIpc) is 2.33. The summed E-state index contributed by atoms with van der Waals surface area (Å²) in [5, 5.41) is 9.39. The van der Waals surface area contributed by atoms with Crippen molar-refractivity contribution in [2.45, 2.75) is 38.3 Å². The van der Waals surface area contributed by atoms with Crippen molar-refractivity contribution in [3.8, 4) is 5.75 Å². The second-order valence-corrected chi connectivity index (χ2v) is 4.45. The first kappa shape index (κ1) is 16.3. The maximum atomic E-state index is 12.3. The summed E-state index contributed by atoms with van der Waals surface area (Å²) < 4.78 is 41.8. The van der Waals surface area contributed by atoms with Gasteiger partial charge in [-0.05, 0) is 37.0 Å². The molecule has 0 radical (unpaired) electrons. The van der Waals surface area contributed by atoms with Crippen LogP contribution < -0.4 is 0 Å². The predicted octanol–water partition coefficient (Wildman–Crippen LogP) is 3.77. The molecular formula is C14H17F3O3. The quantitative estimate of drug-likeness (QED) is 0.811. The summed E-state index contributed by atoms with van der Waals surface area (Å²) >= 11 is 0. The second-order valence-electron chi connectivity index (χ2n) is 4.45. The Bertz CT molecular complexity index is 444. The number of phenols is 1. The zero-order valence-electron chi connectivity index (χ0n) is 11.1. The van der Waals surface area contributed by atoms with Gasteiger partial charge in [0.2, 0.25) is 0 Å². The molecule has 1 aromatic carbocycles. The lowest BCUT2D eigenvalue weighted by atomic mass is 9.91. The number of carbonyl (C=O) groups excluding carboxylic acids is 1. The highest BCUT2D eigenvalue weighted by Crippen LogP contribution is 2.32. The van der Waals surface area contributed by atoms with E-state index in [1.807, 2.05) is 0 Å². The smallest absolute Gasteiger partial charge is 0.389 e. The van der Waals surface area contributed by atoms with Gasteiger partial charge in [0, 0.05) is 6.42 Å². The molecule has 0 aliphatic rings. The number of carbonyl (C=O) groups is 1. The number of ether oxygens (including phenoxy) is 1. The molecule has 1 atom stereocenters. The van der Waals surface area contributed by atoms with Gasteiger partial charge in [-0.25, -0.2) is 0 Å². The number of alkyl halides is 3. The zero-order chi connectivity index (χ0) is 15.2. The first-order valence-electron chi connectivity index (χ1n) is 6.33. The average molecular weight is 290 g/mol. The summed E-state index contributed by atoms with van der Waals surface area (Å²) in [5.41, 5.74) is 0.502. The molecule has 20 heavy (non-hydrogen) atoms. The minimum Gasteiger partial charge on any atom is -0.508 e. The van der Waals surface area contributed by atoms with E-state index in [2.05, 4.69) is 0 Å². The fourth-order valence-corrected chi connectivity index (χ4v) is 1.92. The molecule has 0 saturated carbocycles. The van der Waals surface area contributed by atoms with Crippen molar-refractivity contribution < 1.29 is 27.8 Å². The van der Waals surface area contributed by atoms with Crippen molar-refractivity contribution in [1.82, 2.24) is 0 Å². The molecule has 0 heterocycles. The van der Waals surface area contributed by atoms with Crippen molar-refractivity contribution in [2.24, 2.45) is 0 Å². The highest BCUT2D eigenvalue weighted by molar-refractivity contribution is 5.70. The Morgan fingerprint density at radius 3 is 2.65 bits per heavy atom. The minimum atomic E-state index is -4.27. The molecule has 3 nitrogen and oxygen atoms in total. The third-order valence-electron chi connectivity index (χ3n) is 2.84. The van der Waals surface area contributed by atoms with E-state index in [4.69, 9.17) is 4.74 Å². The molecule has 0 aliphatic heterocycles. The monoisotopic (exact) mass is 290 g/mol. The van der Waals surface area contributed by atoms with Crippen LogP contribution in [0.15, 0.2) is 24.3 Å². The van der Waals surface area contributed by atoms with E-state index in [-0.39, 0.29) is 25.2 Å². The molecule has 1 N–H and O–H groups in total. The van der Waals surface area contributed by atoms with Crippen molar-refractivity contribution in [3.63, 3.8) is 0 Å². The lowest BCUT2D eigenvalue weighted by molar-refractivity contribution is -0.146. The van der Waals surface area contributed by atoms with Crippen LogP contribution in [0.25, 0.3) is 0 Å². The molecule has 112 valence electrons. The summed E-state index contributed by atoms with van der Waals surface area (Å²) in [6, 6.07) is 5.94. The van der Waals surface area contributed by atoms with Crippen LogP contribution in [0.1, 0.15) is 37.7 Å². The maximum absolute atomic E-state index is 12.3. The lowest BCUT2D eigenvalue weighted by Crippen LogP contribution is -2.14. The van der Waals surface area contributed by atoms with Crippen molar-refractivity contribution in [1.29, 1.82) is 0 Å². The Morgan fingerprint density at radius 1 is 1.40 bits per heavy atom. The van der Waals surface area contributed by atoms with E-state index in [9.17, 15) is 23.1 Å². The minimum absolute atomic E-state index is 0.0385. The van der Waals surface area contributed by atoms with Gasteiger partial charge in [0.25, 0.3) is 0 Å². The summed E-state index contributed by atoms with van der Waals surface area (Å²) in [7, 11) is 0. The molecular weight excluding hydrogens is 273 g/mol. The normalized spacial score (nSPS) is 13.0. The Hall–Kier alpha value is -1.72. The van der Waals surface area contributed by atoms with Gasteiger partial charge in [-0.2, -0.15) is 13.2 Å². The fourth-order valence-electron chi connectivity index (χ4n) is 1.92. The van der Waals surface area contributed by atoms with Crippen LogP contribution in [0, 0.1) is 0 Å². The third kappa shape index (κ3) is 5.95. The summed E-state index contributed by atoms with van der Waals surface area (Å²) in [5.74, 6) is -1.20. The van der Waals surface area contributed by atoms with Crippen LogP contribution >= 0.6 is 0 Å². The first-order valence-corrected chi connectivity index (χ1v) is 6.33. The molecule has 0 fully saturated rings. The number of rotatable bonds is 6. The topological polar surface area (TPSA) is 46.5 Å². The van der Waals surface area contributed by atoms with Crippen LogP contribution in [0.4, 0.5) is 13.2 Å². The predicted molar refractivity (Wildman–Crippen MR) is 67.4 cm³/mol. The molecule has 1 unspecified atom stereocenters. The summed E-state index contributed by atoms with van der Waals surface area (Å²) in [6.07, 6.45) is -5.60. The number of hydrogen-bond donors (Lipinski definition) is 1. The number of phenolic OH excluding ortho intramolecular Hbond substituents is 1. The maximum Gasteiger partial charge on any atom is 0.389 e. The van der Waals surface area contributed by atoms with E-state index in [1.165, 1.54) is 18.2 Å². The molecule has 0 aromatic heterocycles. The van der Waals surface area contributed by atoms with E-state index in [0.717, 1.165) is 0 Å². The molecule has 1 rings (SSSR count). The van der Waals surface area contributed by atoms with E-state index >= 15 is 0 Å². The van der Waals surface area contributed by atoms with Gasteiger partial charge in [0.1, 0.15) is 5.75 Å². The van der Waals surface area contributed by atoms with Gasteiger partial charge in [0.15, 0.2) is 0 Å². The van der Waals surface area contributed by atoms with Gasteiger partial charge < -0.3 is 9.84 Å². The molecule has 0 aliphatic carbocycles. The number of benzene rings is 1. The van der Waals surface area contributed by atoms with Crippen LogP contribution in [-0.2, 0) is 9.53 Å². The van der Waals surface area contributed by atoms with E-state index < -0.39 is 24.5 Å². The lowest BCUT2D eigenvalue weighted by Gasteiger charge is -2.17. The standard InChI is InChI=1S/C14H17F3O3/c1-2-20-13(19)9-11(6-7-14(15,16)17)10-4-3-5-12(18)8-10/h3-5,8,11,18H,2,6-7,9H2,1H3. The molecule has 0 spiro atoms. The van der Waals surface area contributed by atoms with Crippen molar-refractivity contribution in [2.75, 3.05) is 6.61 Å². The molecule has 1 aromatic rings. The second kappa shape index (κ2) is 7.17. The summed E-state index contributed by atoms with van der Waals surface area (Å²) in [4.78, 5) is 11.5. The largest absolute Gasteiger partial charge is 0.508 e. The number of aromatic hydroxyl groups is 1. The SMILES string of the molecule is CCOC(=O)CC(CCC(F)(F)F)c1cccc(O)c1. The number of hydrogen-bond acceptors (Lipinski definition) is 3. The Balaban J connectivity index is 2.80. The van der Waals surface area contributed by atoms with Gasteiger partial charge in [-0.1, -0.05) is 12.1 Å². The first-order chi connectivity index (χ1) is 9.31. The fraction of sp³-hybridized carbons (Fsp3) is 0.500.